The first kappa shape index (κ1) is 61.8. The van der Waals surface area contributed by atoms with Crippen molar-refractivity contribution in [3.05, 3.63) is 23.8 Å². The molecule has 4 aliphatic heterocycles. The van der Waals surface area contributed by atoms with Crippen LogP contribution in [0, 0.1) is 0 Å². The van der Waals surface area contributed by atoms with Crippen LogP contribution in [0.25, 0.3) is 0 Å². The normalized spacial score (nSPS) is 37.0. The van der Waals surface area contributed by atoms with E-state index in [4.69, 9.17) is 37.9 Å². The Balaban J connectivity index is 1.52. The number of aliphatic carboxylic acids is 1. The summed E-state index contributed by atoms with van der Waals surface area (Å²) in [4.78, 5) is 50.8. The van der Waals surface area contributed by atoms with E-state index in [9.17, 15) is 90.7 Å². The van der Waals surface area contributed by atoms with Gasteiger partial charge < -0.3 is 125 Å². The number of rotatable bonds is 25. The quantitative estimate of drug-likeness (QED) is 0.0321. The fraction of sp³-hybridized carbons (Fsp3) is 0.783. The summed E-state index contributed by atoms with van der Waals surface area (Å²) in [5.41, 5.74) is -0.419. The number of phenols is 2. The van der Waals surface area contributed by atoms with Gasteiger partial charge in [0, 0.05) is 32.4 Å². The van der Waals surface area contributed by atoms with Crippen molar-refractivity contribution in [2.45, 2.75) is 194 Å². The van der Waals surface area contributed by atoms with E-state index >= 15 is 0 Å². The second-order valence-electron chi connectivity index (χ2n) is 18.8. The summed E-state index contributed by atoms with van der Waals surface area (Å²) in [6.45, 7) is -0.953. The number of hydrogen-bond donors (Lipinski definition) is 16. The molecule has 0 saturated carbocycles. The molecule has 4 fully saturated rings. The number of phenolic OH excluding ortho intramolecular Hbond substituents is 2. The number of esters is 1. The predicted molar refractivity (Wildman–Crippen MR) is 244 cm³/mol. The zero-order chi connectivity index (χ0) is 55.5. The van der Waals surface area contributed by atoms with Crippen LogP contribution in [-0.2, 0) is 57.0 Å². The minimum Gasteiger partial charge on any atom is -0.508 e. The third kappa shape index (κ3) is 15.2. The number of aromatic hydroxyl groups is 2. The molecule has 29 nitrogen and oxygen atoms in total. The third-order valence-corrected chi connectivity index (χ3v) is 13.4. The zero-order valence-corrected chi connectivity index (χ0v) is 41.3. The monoisotopic (exact) mass is 1080 g/mol. The molecule has 4 saturated heterocycles. The van der Waals surface area contributed by atoms with Crippen molar-refractivity contribution in [2.24, 2.45) is 0 Å². The van der Waals surface area contributed by atoms with E-state index in [1.165, 1.54) is 14.0 Å². The van der Waals surface area contributed by atoms with Crippen molar-refractivity contribution in [1.82, 2.24) is 10.6 Å². The molecule has 75 heavy (non-hydrogen) atoms. The first-order valence-corrected chi connectivity index (χ1v) is 24.4. The molecule has 4 aliphatic rings. The molecule has 0 aromatic heterocycles. The fourth-order valence-corrected chi connectivity index (χ4v) is 9.20. The second-order valence-corrected chi connectivity index (χ2v) is 18.8. The van der Waals surface area contributed by atoms with Gasteiger partial charge >= 0.3 is 11.9 Å². The van der Waals surface area contributed by atoms with Gasteiger partial charge in [-0.25, -0.2) is 4.79 Å². The Kier molecular flexibility index (Phi) is 23.1. The average molecular weight is 1090 g/mol. The summed E-state index contributed by atoms with van der Waals surface area (Å²) in [6, 6.07) is -0.339. The van der Waals surface area contributed by atoms with Crippen LogP contribution in [0.15, 0.2) is 18.2 Å². The molecule has 5 rings (SSSR count). The summed E-state index contributed by atoms with van der Waals surface area (Å²) >= 11 is 0. The molecule has 0 bridgehead atoms. The van der Waals surface area contributed by atoms with Gasteiger partial charge in [-0.2, -0.15) is 0 Å². The Morgan fingerprint density at radius 1 is 0.747 bits per heavy atom. The highest BCUT2D eigenvalue weighted by molar-refractivity contribution is 5.97. The molecular weight excluding hydrogens is 1010 g/mol. The van der Waals surface area contributed by atoms with Crippen LogP contribution in [0.3, 0.4) is 0 Å². The average Bonchev–Trinajstić information content (AvgIpc) is 3.37. The number of carboxylic acids is 1. The van der Waals surface area contributed by atoms with Crippen molar-refractivity contribution in [3.8, 4) is 11.5 Å². The van der Waals surface area contributed by atoms with E-state index in [2.05, 4.69) is 15.4 Å². The lowest BCUT2D eigenvalue weighted by molar-refractivity contribution is -0.391. The van der Waals surface area contributed by atoms with E-state index in [1.807, 2.05) is 0 Å². The molecule has 0 spiro atoms. The Morgan fingerprint density at radius 3 is 1.99 bits per heavy atom. The van der Waals surface area contributed by atoms with Crippen LogP contribution in [0.5, 0.6) is 11.5 Å². The lowest BCUT2D eigenvalue weighted by Gasteiger charge is -2.51. The predicted octanol–water partition coefficient (Wildman–Crippen LogP) is -5.59. The topological polar surface area (TPSA) is 459 Å². The number of ether oxygens (including phenoxy) is 9. The first-order valence-electron chi connectivity index (χ1n) is 24.4. The van der Waals surface area contributed by atoms with Crippen molar-refractivity contribution in [2.75, 3.05) is 33.5 Å². The number of hydrogen-bond acceptors (Lipinski definition) is 26. The van der Waals surface area contributed by atoms with Crippen LogP contribution >= 0.6 is 0 Å². The molecule has 1 aromatic carbocycles. The number of amides is 2. The summed E-state index contributed by atoms with van der Waals surface area (Å²) < 4.78 is 52.6. The molecule has 428 valence electrons. The summed E-state index contributed by atoms with van der Waals surface area (Å²) in [6.07, 6.45) is -32.1. The van der Waals surface area contributed by atoms with Crippen molar-refractivity contribution >= 4 is 23.8 Å². The van der Waals surface area contributed by atoms with Gasteiger partial charge in [-0.1, -0.05) is 25.7 Å². The van der Waals surface area contributed by atoms with E-state index in [0.717, 1.165) is 38.0 Å². The highest BCUT2D eigenvalue weighted by Gasteiger charge is 2.61. The molecule has 0 radical (unpaired) electrons. The van der Waals surface area contributed by atoms with Crippen LogP contribution in [0.2, 0.25) is 0 Å². The SMILES string of the molecule is COC(=O)CCCCCCCCOC1OC(CO)C(OC2OC(CO)C(O)C(OC3(C(=O)O)CC(O)C(NC(C)=O)C([C@H](O)[C@H](O)CO)O3)C2O)C(OC2OC(C)C(O)C(O)C2O)C1NC(=O)c1ccc(O)cc1O. The van der Waals surface area contributed by atoms with Crippen molar-refractivity contribution in [3.63, 3.8) is 0 Å². The molecule has 16 N–H and O–H groups in total. The standard InChI is InChI=1S/C46H72N2O27/c1-19-31(58)34(61)35(62)43(69-19)73-39-30(48-41(64)22-12-11-21(53)14-23(22)54)42(68-13-9-7-5-4-6-8-10-28(57)67-3)71-27(18-51)37(39)72-44-36(63)40(33(60)26(17-50)70-44)75-46(45(65)66)15-24(55)29(47-20(2)52)38(74-46)32(59)25(56)16-49/h11-12,14,19,24-27,29-40,42-44,49-51,53-56,58-63H,4-10,13,15-18H2,1-3H3,(H,47,52)(H,48,64)(H,65,66)/t19?,24?,25-,26?,27?,29?,30?,31?,32-,33?,34?,35?,36?,37?,38?,39?,40?,42?,43?,44?,46?/m1/s1. The molecular formula is C46H72N2O27. The highest BCUT2D eigenvalue weighted by Crippen LogP contribution is 2.39. The van der Waals surface area contributed by atoms with Crippen molar-refractivity contribution in [1.29, 1.82) is 0 Å². The number of carbonyl (C=O) groups excluding carboxylic acids is 3. The van der Waals surface area contributed by atoms with Gasteiger partial charge in [0.15, 0.2) is 18.9 Å². The van der Waals surface area contributed by atoms with E-state index in [0.29, 0.717) is 25.7 Å². The summed E-state index contributed by atoms with van der Waals surface area (Å²) in [7, 11) is 1.30. The molecule has 0 aliphatic carbocycles. The second kappa shape index (κ2) is 28.0. The van der Waals surface area contributed by atoms with E-state index in [-0.39, 0.29) is 19.0 Å². The Morgan fingerprint density at radius 2 is 1.37 bits per heavy atom. The van der Waals surface area contributed by atoms with Crippen LogP contribution in [0.4, 0.5) is 0 Å². The number of aliphatic hydroxyl groups is 11. The molecule has 2 amide bonds. The molecule has 21 atom stereocenters. The van der Waals surface area contributed by atoms with Gasteiger partial charge in [-0.15, -0.1) is 0 Å². The van der Waals surface area contributed by atoms with Gasteiger partial charge in [0.25, 0.3) is 11.7 Å². The number of methoxy groups -OCH3 is 1. The van der Waals surface area contributed by atoms with Gasteiger partial charge in [-0.05, 0) is 31.9 Å². The highest BCUT2D eigenvalue weighted by atomic mass is 16.8. The lowest BCUT2D eigenvalue weighted by Crippen LogP contribution is -2.71. The number of carboxylic acid groups (broad SMARTS) is 1. The fourth-order valence-electron chi connectivity index (χ4n) is 9.20. The maximum absolute atomic E-state index is 14.1. The number of unbranched alkanes of at least 4 members (excludes halogenated alkanes) is 5. The molecule has 19 unspecified atom stereocenters. The Hall–Kier alpha value is -4.06. The maximum Gasteiger partial charge on any atom is 0.364 e. The largest absolute Gasteiger partial charge is 0.508 e. The third-order valence-electron chi connectivity index (χ3n) is 13.4. The van der Waals surface area contributed by atoms with Gasteiger partial charge in [0.05, 0.1) is 50.7 Å². The van der Waals surface area contributed by atoms with Gasteiger partial charge in [-0.3, -0.25) is 14.4 Å². The van der Waals surface area contributed by atoms with Gasteiger partial charge in [0.1, 0.15) is 96.9 Å². The molecule has 29 heteroatoms. The molecule has 1 aromatic rings. The van der Waals surface area contributed by atoms with Crippen LogP contribution < -0.4 is 10.6 Å². The summed E-state index contributed by atoms with van der Waals surface area (Å²) in [5, 5.41) is 156. The van der Waals surface area contributed by atoms with E-state index < -0.39 is 189 Å². The minimum absolute atomic E-state index is 0.0748. The Bertz CT molecular complexity index is 2010. The van der Waals surface area contributed by atoms with Crippen LogP contribution in [-0.4, -0.2) is 257 Å². The lowest BCUT2D eigenvalue weighted by atomic mass is 9.88. The maximum atomic E-state index is 14.1. The first-order chi connectivity index (χ1) is 35.5. The zero-order valence-electron chi connectivity index (χ0n) is 41.3. The number of nitrogens with one attached hydrogen (secondary N) is 2. The minimum atomic E-state index is -3.18. The van der Waals surface area contributed by atoms with Crippen molar-refractivity contribution < 1.29 is 133 Å². The number of carbonyl (C=O) groups is 4. The molecule has 4 heterocycles. The number of benzene rings is 1. The number of aliphatic hydroxyl groups excluding tert-OH is 11. The Labute approximate surface area is 429 Å². The van der Waals surface area contributed by atoms with Crippen LogP contribution in [0.1, 0.15) is 75.6 Å². The van der Waals surface area contributed by atoms with Gasteiger partial charge in [0.2, 0.25) is 5.91 Å². The smallest absolute Gasteiger partial charge is 0.364 e. The summed E-state index contributed by atoms with van der Waals surface area (Å²) in [5.74, 6) is -8.55. The van der Waals surface area contributed by atoms with E-state index in [1.54, 1.807) is 0 Å².